The van der Waals surface area contributed by atoms with E-state index >= 15 is 0 Å². The van der Waals surface area contributed by atoms with Gasteiger partial charge in [0, 0.05) is 17.2 Å². The second kappa shape index (κ2) is 8.69. The summed E-state index contributed by atoms with van der Waals surface area (Å²) in [4.78, 5) is 12.9. The Balaban J connectivity index is 1.88. The first-order chi connectivity index (χ1) is 13.7. The second-order valence-corrected chi connectivity index (χ2v) is 10.2. The smallest absolute Gasteiger partial charge is 0.267 e. The molecule has 3 aromatic rings. The monoisotopic (exact) mass is 492 g/mol. The first kappa shape index (κ1) is 21.5. The lowest BCUT2D eigenvalue weighted by atomic mass is 10.1. The Bertz CT molecular complexity index is 1140. The van der Waals surface area contributed by atoms with Crippen LogP contribution in [0.2, 0.25) is 0 Å². The van der Waals surface area contributed by atoms with Crippen molar-refractivity contribution in [3.05, 3.63) is 74.4 Å². The standard InChI is InChI=1S/C21H21BrN2O3S2/c1-4-15-5-8-17(9-6-15)24(3)29(26,27)19-11-12-28-20(19)21(25)23-16-7-10-18(22)14(2)13-16/h5-13H,4H2,1-3H3,(H,23,25). The van der Waals surface area contributed by atoms with Crippen molar-refractivity contribution in [1.82, 2.24) is 0 Å². The highest BCUT2D eigenvalue weighted by atomic mass is 79.9. The summed E-state index contributed by atoms with van der Waals surface area (Å²) in [6.45, 7) is 3.96. The quantitative estimate of drug-likeness (QED) is 0.496. The van der Waals surface area contributed by atoms with Gasteiger partial charge < -0.3 is 5.32 Å². The van der Waals surface area contributed by atoms with Crippen molar-refractivity contribution < 1.29 is 13.2 Å². The van der Waals surface area contributed by atoms with Crippen LogP contribution in [0.25, 0.3) is 0 Å². The molecule has 0 radical (unpaired) electrons. The number of rotatable bonds is 6. The van der Waals surface area contributed by atoms with Gasteiger partial charge in [-0.05, 0) is 66.2 Å². The zero-order valence-electron chi connectivity index (χ0n) is 16.3. The zero-order chi connectivity index (χ0) is 21.2. The van der Waals surface area contributed by atoms with Crippen LogP contribution >= 0.6 is 27.3 Å². The van der Waals surface area contributed by atoms with E-state index in [1.54, 1.807) is 23.6 Å². The van der Waals surface area contributed by atoms with E-state index in [-0.39, 0.29) is 9.77 Å². The number of hydrogen-bond acceptors (Lipinski definition) is 4. The van der Waals surface area contributed by atoms with Gasteiger partial charge in [0.1, 0.15) is 9.77 Å². The Kier molecular flexibility index (Phi) is 6.45. The van der Waals surface area contributed by atoms with Crippen LogP contribution in [0.4, 0.5) is 11.4 Å². The van der Waals surface area contributed by atoms with E-state index in [1.807, 2.05) is 38.1 Å². The maximum atomic E-state index is 13.2. The number of halogens is 1. The Morgan fingerprint density at radius 3 is 2.45 bits per heavy atom. The van der Waals surface area contributed by atoms with Crippen LogP contribution in [0.3, 0.4) is 0 Å². The number of amides is 1. The van der Waals surface area contributed by atoms with Crippen molar-refractivity contribution >= 4 is 54.6 Å². The third-order valence-corrected chi connectivity index (χ3v) is 8.36. The fraction of sp³-hybridized carbons (Fsp3) is 0.190. The molecular formula is C21H21BrN2O3S2. The van der Waals surface area contributed by atoms with Crippen LogP contribution in [0.5, 0.6) is 0 Å². The van der Waals surface area contributed by atoms with Gasteiger partial charge in [0.2, 0.25) is 0 Å². The summed E-state index contributed by atoms with van der Waals surface area (Å²) in [6.07, 6.45) is 0.876. The first-order valence-corrected chi connectivity index (χ1v) is 12.1. The van der Waals surface area contributed by atoms with E-state index in [0.717, 1.165) is 33.4 Å². The molecule has 5 nitrogen and oxygen atoms in total. The molecule has 1 heterocycles. The summed E-state index contributed by atoms with van der Waals surface area (Å²) in [5.74, 6) is -0.449. The number of aryl methyl sites for hydroxylation is 2. The van der Waals surface area contributed by atoms with Crippen molar-refractivity contribution in [3.63, 3.8) is 0 Å². The highest BCUT2D eigenvalue weighted by Crippen LogP contribution is 2.29. The number of hydrogen-bond donors (Lipinski definition) is 1. The van der Waals surface area contributed by atoms with Gasteiger partial charge in [-0.15, -0.1) is 11.3 Å². The number of carbonyl (C=O) groups is 1. The molecule has 0 unspecified atom stereocenters. The maximum Gasteiger partial charge on any atom is 0.267 e. The SMILES string of the molecule is CCc1ccc(N(C)S(=O)(=O)c2ccsc2C(=O)Nc2ccc(Br)c(C)c2)cc1. The van der Waals surface area contributed by atoms with Crippen molar-refractivity contribution in [2.75, 3.05) is 16.7 Å². The lowest BCUT2D eigenvalue weighted by molar-refractivity contribution is 0.102. The highest BCUT2D eigenvalue weighted by Gasteiger charge is 2.28. The average Bonchev–Trinajstić information content (AvgIpc) is 3.21. The molecule has 0 aliphatic rings. The molecule has 0 spiro atoms. The van der Waals surface area contributed by atoms with Gasteiger partial charge in [-0.3, -0.25) is 9.10 Å². The largest absolute Gasteiger partial charge is 0.321 e. The molecule has 2 aromatic carbocycles. The van der Waals surface area contributed by atoms with E-state index in [9.17, 15) is 13.2 Å². The zero-order valence-corrected chi connectivity index (χ0v) is 19.5. The number of nitrogens with one attached hydrogen (secondary N) is 1. The summed E-state index contributed by atoms with van der Waals surface area (Å²) in [7, 11) is -2.38. The number of nitrogens with zero attached hydrogens (tertiary/aromatic N) is 1. The molecule has 0 aliphatic heterocycles. The normalized spacial score (nSPS) is 11.3. The minimum Gasteiger partial charge on any atom is -0.321 e. The summed E-state index contributed by atoms with van der Waals surface area (Å²) in [5.41, 5.74) is 3.25. The van der Waals surface area contributed by atoms with E-state index < -0.39 is 15.9 Å². The van der Waals surface area contributed by atoms with Crippen LogP contribution < -0.4 is 9.62 Å². The Morgan fingerprint density at radius 2 is 1.83 bits per heavy atom. The fourth-order valence-corrected chi connectivity index (χ4v) is 5.54. The number of sulfonamides is 1. The van der Waals surface area contributed by atoms with Crippen molar-refractivity contribution in [3.8, 4) is 0 Å². The predicted molar refractivity (Wildman–Crippen MR) is 123 cm³/mol. The minimum atomic E-state index is -3.88. The average molecular weight is 493 g/mol. The summed E-state index contributed by atoms with van der Waals surface area (Å²) >= 11 is 4.53. The molecule has 0 fully saturated rings. The molecule has 8 heteroatoms. The molecular weight excluding hydrogens is 472 g/mol. The van der Waals surface area contributed by atoms with E-state index in [4.69, 9.17) is 0 Å². The Morgan fingerprint density at radius 1 is 1.14 bits per heavy atom. The lowest BCUT2D eigenvalue weighted by Gasteiger charge is -2.20. The number of anilines is 2. The topological polar surface area (TPSA) is 66.5 Å². The van der Waals surface area contributed by atoms with Gasteiger partial charge in [0.15, 0.2) is 0 Å². The Labute approximate surface area is 183 Å². The minimum absolute atomic E-state index is 0.00379. The van der Waals surface area contributed by atoms with E-state index in [1.165, 1.54) is 17.4 Å². The molecule has 1 amide bonds. The molecule has 1 aromatic heterocycles. The van der Waals surface area contributed by atoms with Gasteiger partial charge >= 0.3 is 0 Å². The van der Waals surface area contributed by atoms with Gasteiger partial charge in [-0.1, -0.05) is 35.0 Å². The van der Waals surface area contributed by atoms with Crippen molar-refractivity contribution in [2.24, 2.45) is 0 Å². The number of benzene rings is 2. The summed E-state index contributed by atoms with van der Waals surface area (Å²) in [6, 6.07) is 14.2. The lowest BCUT2D eigenvalue weighted by Crippen LogP contribution is -2.28. The van der Waals surface area contributed by atoms with E-state index in [0.29, 0.717) is 11.4 Å². The number of carbonyl (C=O) groups excluding carboxylic acids is 1. The molecule has 29 heavy (non-hydrogen) atoms. The van der Waals surface area contributed by atoms with Gasteiger partial charge in [0.05, 0.1) is 5.69 Å². The third kappa shape index (κ3) is 4.55. The highest BCUT2D eigenvalue weighted by molar-refractivity contribution is 9.10. The first-order valence-electron chi connectivity index (χ1n) is 8.97. The summed E-state index contributed by atoms with van der Waals surface area (Å²) in [5, 5.41) is 4.40. The van der Waals surface area contributed by atoms with E-state index in [2.05, 4.69) is 21.2 Å². The molecule has 0 saturated heterocycles. The molecule has 1 N–H and O–H groups in total. The van der Waals surface area contributed by atoms with Crippen LogP contribution in [0.1, 0.15) is 27.7 Å². The van der Waals surface area contributed by atoms with Crippen LogP contribution in [0, 0.1) is 6.92 Å². The van der Waals surface area contributed by atoms with Crippen molar-refractivity contribution in [1.29, 1.82) is 0 Å². The third-order valence-electron chi connectivity index (χ3n) is 4.60. The molecule has 152 valence electrons. The molecule has 0 atom stereocenters. The summed E-state index contributed by atoms with van der Waals surface area (Å²) < 4.78 is 28.5. The van der Waals surface area contributed by atoms with Crippen molar-refractivity contribution in [2.45, 2.75) is 25.2 Å². The van der Waals surface area contributed by atoms with Crippen LogP contribution in [-0.2, 0) is 16.4 Å². The molecule has 0 bridgehead atoms. The van der Waals surface area contributed by atoms with Crippen LogP contribution in [-0.4, -0.2) is 21.4 Å². The van der Waals surface area contributed by atoms with Gasteiger partial charge in [-0.25, -0.2) is 8.42 Å². The van der Waals surface area contributed by atoms with Crippen LogP contribution in [0.15, 0.2) is 63.3 Å². The van der Waals surface area contributed by atoms with Gasteiger partial charge in [0.25, 0.3) is 15.9 Å². The second-order valence-electron chi connectivity index (χ2n) is 6.52. The molecule has 3 rings (SSSR count). The van der Waals surface area contributed by atoms with Gasteiger partial charge in [-0.2, -0.15) is 0 Å². The molecule has 0 aliphatic carbocycles. The molecule has 0 saturated carbocycles. The predicted octanol–water partition coefficient (Wildman–Crippen LogP) is 5.46. The Hall–Kier alpha value is -2.16. The maximum absolute atomic E-state index is 13.2. The number of thiophene rings is 1. The fourth-order valence-electron chi connectivity index (χ4n) is 2.80.